The second-order valence-electron chi connectivity index (χ2n) is 7.11. The van der Waals surface area contributed by atoms with Gasteiger partial charge in [0.1, 0.15) is 17.1 Å². The first kappa shape index (κ1) is 18.8. The summed E-state index contributed by atoms with van der Waals surface area (Å²) in [6.07, 6.45) is 3.10. The first-order valence-electron chi connectivity index (χ1n) is 9.65. The van der Waals surface area contributed by atoms with Crippen molar-refractivity contribution in [3.05, 3.63) is 106 Å². The summed E-state index contributed by atoms with van der Waals surface area (Å²) in [6.45, 7) is 0.485. The maximum atomic E-state index is 13.3. The zero-order valence-electron chi connectivity index (χ0n) is 16.3. The van der Waals surface area contributed by atoms with Crippen LogP contribution < -0.4 is 10.9 Å². The highest BCUT2D eigenvalue weighted by molar-refractivity contribution is 5.97. The number of aromatic nitrogens is 3. The van der Waals surface area contributed by atoms with E-state index >= 15 is 0 Å². The van der Waals surface area contributed by atoms with Gasteiger partial charge in [0.2, 0.25) is 0 Å². The quantitative estimate of drug-likeness (QED) is 0.476. The number of hydrogen-bond acceptors (Lipinski definition) is 4. The van der Waals surface area contributed by atoms with E-state index < -0.39 is 0 Å². The lowest BCUT2D eigenvalue weighted by Crippen LogP contribution is -2.25. The molecular formula is C23H17FN4O3. The van der Waals surface area contributed by atoms with E-state index in [0.717, 1.165) is 5.56 Å². The average Bonchev–Trinajstić information content (AvgIpc) is 3.48. The van der Waals surface area contributed by atoms with Crippen LogP contribution in [0.5, 0.6) is 0 Å². The third-order valence-corrected chi connectivity index (χ3v) is 5.12. The van der Waals surface area contributed by atoms with Crippen LogP contribution in [0.4, 0.5) is 4.39 Å². The molecule has 0 saturated heterocycles. The molecule has 0 bridgehead atoms. The van der Waals surface area contributed by atoms with Crippen molar-refractivity contribution in [2.24, 2.45) is 0 Å². The van der Waals surface area contributed by atoms with Crippen molar-refractivity contribution >= 4 is 22.5 Å². The van der Waals surface area contributed by atoms with Gasteiger partial charge >= 0.3 is 0 Å². The Morgan fingerprint density at radius 3 is 2.65 bits per heavy atom. The van der Waals surface area contributed by atoms with Crippen molar-refractivity contribution in [3.63, 3.8) is 0 Å². The van der Waals surface area contributed by atoms with Gasteiger partial charge in [0.25, 0.3) is 11.5 Å². The van der Waals surface area contributed by atoms with Gasteiger partial charge in [-0.2, -0.15) is 5.10 Å². The molecule has 31 heavy (non-hydrogen) atoms. The molecule has 5 aromatic rings. The Morgan fingerprint density at radius 2 is 1.87 bits per heavy atom. The predicted molar refractivity (Wildman–Crippen MR) is 112 cm³/mol. The molecular weight excluding hydrogens is 399 g/mol. The van der Waals surface area contributed by atoms with E-state index in [4.69, 9.17) is 4.42 Å². The standard InChI is InChI=1S/C23H17FN4O3/c24-17-6-3-15(4-7-17)14-27-21-12-16(22(29)25-13-18-2-1-11-31-18)5-8-19(21)28-20(23(27)30)9-10-26-28/h1-12H,13-14H2,(H,25,29). The molecule has 0 fully saturated rings. The van der Waals surface area contributed by atoms with Crippen molar-refractivity contribution in [3.8, 4) is 0 Å². The summed E-state index contributed by atoms with van der Waals surface area (Å²) in [5.41, 5.74) is 2.58. The number of nitrogens with one attached hydrogen (secondary N) is 1. The molecule has 8 heteroatoms. The molecule has 0 spiro atoms. The fourth-order valence-electron chi connectivity index (χ4n) is 3.58. The van der Waals surface area contributed by atoms with E-state index in [-0.39, 0.29) is 30.4 Å². The van der Waals surface area contributed by atoms with Gasteiger partial charge in [-0.25, -0.2) is 8.91 Å². The zero-order valence-corrected chi connectivity index (χ0v) is 16.3. The van der Waals surface area contributed by atoms with Crippen LogP contribution in [0.15, 0.2) is 82.3 Å². The number of halogens is 1. The molecule has 7 nitrogen and oxygen atoms in total. The molecule has 3 heterocycles. The molecule has 0 atom stereocenters. The average molecular weight is 416 g/mol. The largest absolute Gasteiger partial charge is 0.467 e. The molecule has 0 radical (unpaired) electrons. The predicted octanol–water partition coefficient (Wildman–Crippen LogP) is 3.36. The Labute approximate surface area is 175 Å². The van der Waals surface area contributed by atoms with Crippen LogP contribution in [0.1, 0.15) is 21.7 Å². The van der Waals surface area contributed by atoms with Gasteiger partial charge < -0.3 is 14.3 Å². The minimum Gasteiger partial charge on any atom is -0.467 e. The van der Waals surface area contributed by atoms with Crippen LogP contribution in [-0.4, -0.2) is 20.1 Å². The fraction of sp³-hybridized carbons (Fsp3) is 0.0870. The Kier molecular flexibility index (Phi) is 4.59. The number of carbonyl (C=O) groups excluding carboxylic acids is 1. The molecule has 5 rings (SSSR count). The van der Waals surface area contributed by atoms with E-state index in [2.05, 4.69) is 10.4 Å². The number of fused-ring (bicyclic) bond motifs is 3. The summed E-state index contributed by atoms with van der Waals surface area (Å²) >= 11 is 0. The highest BCUT2D eigenvalue weighted by Gasteiger charge is 2.15. The fourth-order valence-corrected chi connectivity index (χ4v) is 3.58. The summed E-state index contributed by atoms with van der Waals surface area (Å²) in [6, 6.07) is 16.3. The van der Waals surface area contributed by atoms with Gasteiger partial charge in [0.05, 0.1) is 36.6 Å². The zero-order chi connectivity index (χ0) is 21.4. The summed E-state index contributed by atoms with van der Waals surface area (Å²) < 4.78 is 21.7. The van der Waals surface area contributed by atoms with Gasteiger partial charge in [-0.1, -0.05) is 12.1 Å². The van der Waals surface area contributed by atoms with Gasteiger partial charge in [0.15, 0.2) is 0 Å². The third kappa shape index (κ3) is 3.48. The van der Waals surface area contributed by atoms with Crippen LogP contribution >= 0.6 is 0 Å². The van der Waals surface area contributed by atoms with Crippen molar-refractivity contribution in [2.75, 3.05) is 0 Å². The van der Waals surface area contributed by atoms with Crippen molar-refractivity contribution in [1.82, 2.24) is 19.5 Å². The first-order valence-corrected chi connectivity index (χ1v) is 9.65. The smallest absolute Gasteiger partial charge is 0.277 e. The van der Waals surface area contributed by atoms with Crippen LogP contribution in [-0.2, 0) is 13.1 Å². The minimum atomic E-state index is -0.345. The Morgan fingerprint density at radius 1 is 1.03 bits per heavy atom. The van der Waals surface area contributed by atoms with Crippen LogP contribution in [0.2, 0.25) is 0 Å². The van der Waals surface area contributed by atoms with E-state index in [1.54, 1.807) is 70.1 Å². The number of furan rings is 1. The number of benzene rings is 2. The lowest BCUT2D eigenvalue weighted by molar-refractivity contribution is 0.0948. The highest BCUT2D eigenvalue weighted by atomic mass is 19.1. The number of amides is 1. The number of carbonyl (C=O) groups is 1. The minimum absolute atomic E-state index is 0.231. The van der Waals surface area contributed by atoms with Crippen molar-refractivity contribution in [2.45, 2.75) is 13.1 Å². The molecule has 1 amide bonds. The Hall–Kier alpha value is -4.20. The molecule has 0 aliphatic carbocycles. The SMILES string of the molecule is O=C(NCc1ccco1)c1ccc2c(c1)n(Cc1ccc(F)cc1)c(=O)c1ccnn12. The van der Waals surface area contributed by atoms with Gasteiger partial charge in [-0.15, -0.1) is 0 Å². The summed E-state index contributed by atoms with van der Waals surface area (Å²) in [5.74, 6) is 0.00274. The van der Waals surface area contributed by atoms with Crippen molar-refractivity contribution < 1.29 is 13.6 Å². The lowest BCUT2D eigenvalue weighted by Gasteiger charge is -2.13. The lowest BCUT2D eigenvalue weighted by atomic mass is 10.1. The Balaban J connectivity index is 1.59. The molecule has 1 N–H and O–H groups in total. The number of hydrogen-bond donors (Lipinski definition) is 1. The van der Waals surface area contributed by atoms with Gasteiger partial charge in [0, 0.05) is 5.56 Å². The number of nitrogens with zero attached hydrogens (tertiary/aromatic N) is 3. The summed E-state index contributed by atoms with van der Waals surface area (Å²) in [5, 5.41) is 7.06. The van der Waals surface area contributed by atoms with Crippen LogP contribution in [0.3, 0.4) is 0 Å². The maximum absolute atomic E-state index is 13.3. The second kappa shape index (κ2) is 7.56. The topological polar surface area (TPSA) is 81.5 Å². The first-order chi connectivity index (χ1) is 15.1. The molecule has 0 aliphatic heterocycles. The van der Waals surface area contributed by atoms with E-state index in [1.807, 2.05) is 0 Å². The van der Waals surface area contributed by atoms with Crippen molar-refractivity contribution in [1.29, 1.82) is 0 Å². The third-order valence-electron chi connectivity index (χ3n) is 5.12. The monoisotopic (exact) mass is 416 g/mol. The molecule has 2 aromatic carbocycles. The van der Waals surface area contributed by atoms with Gasteiger partial charge in [-0.05, 0) is 54.1 Å². The molecule has 0 aliphatic rings. The van der Waals surface area contributed by atoms with E-state index in [1.165, 1.54) is 12.1 Å². The van der Waals surface area contributed by atoms with Gasteiger partial charge in [-0.3, -0.25) is 9.59 Å². The maximum Gasteiger partial charge on any atom is 0.277 e. The van der Waals surface area contributed by atoms with Crippen LogP contribution in [0, 0.1) is 5.82 Å². The normalized spacial score (nSPS) is 11.3. The molecule has 3 aromatic heterocycles. The second-order valence-corrected chi connectivity index (χ2v) is 7.11. The van der Waals surface area contributed by atoms with E-state index in [9.17, 15) is 14.0 Å². The summed E-state index contributed by atoms with van der Waals surface area (Å²) in [7, 11) is 0. The molecule has 154 valence electrons. The molecule has 0 unspecified atom stereocenters. The summed E-state index contributed by atoms with van der Waals surface area (Å²) in [4.78, 5) is 25.8. The highest BCUT2D eigenvalue weighted by Crippen LogP contribution is 2.18. The van der Waals surface area contributed by atoms with E-state index in [0.29, 0.717) is 27.9 Å². The Bertz CT molecular complexity index is 1450. The molecule has 0 saturated carbocycles. The van der Waals surface area contributed by atoms with Crippen LogP contribution in [0.25, 0.3) is 16.6 Å². The number of rotatable bonds is 5.